The summed E-state index contributed by atoms with van der Waals surface area (Å²) in [6.07, 6.45) is 0.512. The molecular weight excluding hydrogens is 120 g/mol. The first kappa shape index (κ1) is 6.67. The highest BCUT2D eigenvalue weighted by atomic mass is 16.5. The summed E-state index contributed by atoms with van der Waals surface area (Å²) in [4.78, 5) is 10.8. The summed E-state index contributed by atoms with van der Waals surface area (Å²) < 4.78 is 0. The maximum atomic E-state index is 10.8. The summed E-state index contributed by atoms with van der Waals surface area (Å²) in [6.45, 7) is 1.27. The van der Waals surface area contributed by atoms with Crippen LogP contribution in [-0.2, 0) is 4.79 Å². The van der Waals surface area contributed by atoms with E-state index in [1.807, 2.05) is 5.48 Å². The van der Waals surface area contributed by atoms with Crippen LogP contribution >= 0.6 is 0 Å². The fourth-order valence-electron chi connectivity index (χ4n) is 0.864. The molecule has 0 spiro atoms. The summed E-state index contributed by atoms with van der Waals surface area (Å²) in [5.74, 6) is 0.0799. The van der Waals surface area contributed by atoms with E-state index >= 15 is 0 Å². The van der Waals surface area contributed by atoms with Crippen molar-refractivity contribution in [3.63, 3.8) is 0 Å². The first-order chi connectivity index (χ1) is 4.34. The molecule has 1 saturated heterocycles. The van der Waals surface area contributed by atoms with Crippen LogP contribution in [0.1, 0.15) is 6.42 Å². The van der Waals surface area contributed by atoms with Gasteiger partial charge in [0, 0.05) is 19.5 Å². The number of rotatable bonds is 1. The van der Waals surface area contributed by atoms with Crippen molar-refractivity contribution in [2.24, 2.45) is 0 Å². The molecule has 0 bridgehead atoms. The van der Waals surface area contributed by atoms with E-state index in [1.54, 1.807) is 0 Å². The topological polar surface area (TPSA) is 61.4 Å². The minimum Gasteiger partial charge on any atom is -0.316 e. The zero-order valence-electron chi connectivity index (χ0n) is 5.05. The normalized spacial score (nSPS) is 28.6. The zero-order valence-corrected chi connectivity index (χ0v) is 5.05. The monoisotopic (exact) mass is 130 g/mol. The van der Waals surface area contributed by atoms with Crippen molar-refractivity contribution in [2.75, 3.05) is 13.1 Å². The molecule has 1 aliphatic heterocycles. The van der Waals surface area contributed by atoms with Crippen LogP contribution in [0.5, 0.6) is 0 Å². The van der Waals surface area contributed by atoms with Gasteiger partial charge in [-0.3, -0.25) is 4.79 Å². The van der Waals surface area contributed by atoms with Crippen LogP contribution in [0.2, 0.25) is 0 Å². The lowest BCUT2D eigenvalue weighted by Crippen LogP contribution is -2.48. The Balaban J connectivity index is 2.39. The molecule has 4 nitrogen and oxygen atoms in total. The minimum atomic E-state index is -0.390. The van der Waals surface area contributed by atoms with E-state index in [9.17, 15) is 4.79 Å². The second-order valence-electron chi connectivity index (χ2n) is 2.10. The molecule has 0 aliphatic carbocycles. The van der Waals surface area contributed by atoms with Crippen LogP contribution < -0.4 is 10.8 Å². The van der Waals surface area contributed by atoms with E-state index in [2.05, 4.69) is 5.32 Å². The average Bonchev–Trinajstić information content (AvgIpc) is 1.89. The van der Waals surface area contributed by atoms with Gasteiger partial charge in [0.2, 0.25) is 0 Å². The Morgan fingerprint density at radius 3 is 3.00 bits per heavy atom. The summed E-state index contributed by atoms with van der Waals surface area (Å²) in [5.41, 5.74) is 1.94. The number of piperidine rings is 1. The number of carbonyl (C=O) groups is 1. The maximum Gasteiger partial charge on any atom is 0.154 e. The van der Waals surface area contributed by atoms with Crippen molar-refractivity contribution in [2.45, 2.75) is 12.5 Å². The van der Waals surface area contributed by atoms with Crippen LogP contribution in [0, 0.1) is 0 Å². The molecule has 1 atom stereocenters. The lowest BCUT2D eigenvalue weighted by molar-refractivity contribution is -0.124. The van der Waals surface area contributed by atoms with E-state index in [0.29, 0.717) is 13.0 Å². The van der Waals surface area contributed by atoms with Gasteiger partial charge in [-0.05, 0) is 0 Å². The van der Waals surface area contributed by atoms with Crippen molar-refractivity contribution in [3.05, 3.63) is 0 Å². The third-order valence-electron chi connectivity index (χ3n) is 1.44. The molecule has 9 heavy (non-hydrogen) atoms. The third kappa shape index (κ3) is 1.48. The van der Waals surface area contributed by atoms with Crippen molar-refractivity contribution < 1.29 is 10.0 Å². The number of hydroxylamine groups is 1. The average molecular weight is 130 g/mol. The molecule has 0 amide bonds. The SMILES string of the molecule is O=C1CCNCC1NO. The van der Waals surface area contributed by atoms with Gasteiger partial charge in [-0.2, -0.15) is 5.48 Å². The summed E-state index contributed by atoms with van der Waals surface area (Å²) in [7, 11) is 0. The minimum absolute atomic E-state index is 0.0799. The van der Waals surface area contributed by atoms with Gasteiger partial charge in [0.25, 0.3) is 0 Å². The number of hydrogen-bond donors (Lipinski definition) is 3. The van der Waals surface area contributed by atoms with Crippen LogP contribution in [0.4, 0.5) is 0 Å². The van der Waals surface area contributed by atoms with Gasteiger partial charge in [0.15, 0.2) is 5.78 Å². The molecule has 1 unspecified atom stereocenters. The summed E-state index contributed by atoms with van der Waals surface area (Å²) in [5, 5.41) is 11.3. The standard InChI is InChI=1S/C5H10N2O2/c8-5-1-2-6-3-4(5)7-9/h4,6-7,9H,1-3H2. The molecule has 1 aliphatic rings. The van der Waals surface area contributed by atoms with Crippen molar-refractivity contribution in [3.8, 4) is 0 Å². The first-order valence-electron chi connectivity index (χ1n) is 2.97. The van der Waals surface area contributed by atoms with Gasteiger partial charge >= 0.3 is 0 Å². The zero-order chi connectivity index (χ0) is 6.69. The van der Waals surface area contributed by atoms with Crippen molar-refractivity contribution in [1.29, 1.82) is 0 Å². The Hall–Kier alpha value is -0.450. The van der Waals surface area contributed by atoms with E-state index in [0.717, 1.165) is 6.54 Å². The van der Waals surface area contributed by atoms with Crippen LogP contribution in [-0.4, -0.2) is 30.1 Å². The molecule has 0 saturated carbocycles. The number of Topliss-reactive ketones (excluding diaryl/α,β-unsaturated/α-hetero) is 1. The lowest BCUT2D eigenvalue weighted by atomic mass is 10.1. The first-order valence-corrected chi connectivity index (χ1v) is 2.97. The predicted octanol–water partition coefficient (Wildman–Crippen LogP) is -1.10. The molecule has 1 rings (SSSR count). The number of hydrogen-bond acceptors (Lipinski definition) is 4. The van der Waals surface area contributed by atoms with Gasteiger partial charge in [-0.15, -0.1) is 0 Å². The summed E-state index contributed by atoms with van der Waals surface area (Å²) >= 11 is 0. The molecule has 0 aromatic rings. The van der Waals surface area contributed by atoms with Crippen LogP contribution in [0.3, 0.4) is 0 Å². The second-order valence-corrected chi connectivity index (χ2v) is 2.10. The largest absolute Gasteiger partial charge is 0.316 e. The molecule has 1 fully saturated rings. The van der Waals surface area contributed by atoms with E-state index in [-0.39, 0.29) is 5.78 Å². The highest BCUT2D eigenvalue weighted by Crippen LogP contribution is 1.94. The molecule has 3 N–H and O–H groups in total. The Labute approximate surface area is 53.2 Å². The molecule has 0 aromatic carbocycles. The molecule has 0 radical (unpaired) electrons. The van der Waals surface area contributed by atoms with Crippen molar-refractivity contribution >= 4 is 5.78 Å². The highest BCUT2D eigenvalue weighted by molar-refractivity contribution is 5.84. The lowest BCUT2D eigenvalue weighted by Gasteiger charge is -2.19. The summed E-state index contributed by atoms with van der Waals surface area (Å²) in [6, 6.07) is -0.390. The van der Waals surface area contributed by atoms with E-state index < -0.39 is 6.04 Å². The quantitative estimate of drug-likeness (QED) is 0.394. The number of ketones is 1. The van der Waals surface area contributed by atoms with Gasteiger partial charge in [0.1, 0.15) is 6.04 Å². The van der Waals surface area contributed by atoms with Crippen LogP contribution in [0.25, 0.3) is 0 Å². The Bertz CT molecular complexity index is 116. The molecular formula is C5H10N2O2. The molecule has 1 heterocycles. The predicted molar refractivity (Wildman–Crippen MR) is 31.2 cm³/mol. The number of nitrogens with one attached hydrogen (secondary N) is 2. The fraction of sp³-hybridized carbons (Fsp3) is 0.800. The molecule has 0 aromatic heterocycles. The Morgan fingerprint density at radius 1 is 1.78 bits per heavy atom. The van der Waals surface area contributed by atoms with Gasteiger partial charge < -0.3 is 10.5 Å². The van der Waals surface area contributed by atoms with Crippen molar-refractivity contribution in [1.82, 2.24) is 10.8 Å². The number of carbonyl (C=O) groups excluding carboxylic acids is 1. The molecule has 52 valence electrons. The molecule has 4 heteroatoms. The smallest absolute Gasteiger partial charge is 0.154 e. The Morgan fingerprint density at radius 2 is 2.56 bits per heavy atom. The second kappa shape index (κ2) is 2.91. The van der Waals surface area contributed by atoms with Gasteiger partial charge in [-0.25, -0.2) is 0 Å². The third-order valence-corrected chi connectivity index (χ3v) is 1.44. The Kier molecular flexibility index (Phi) is 2.16. The van der Waals surface area contributed by atoms with Gasteiger partial charge in [-0.1, -0.05) is 0 Å². The van der Waals surface area contributed by atoms with E-state index in [4.69, 9.17) is 5.21 Å². The van der Waals surface area contributed by atoms with Crippen LogP contribution in [0.15, 0.2) is 0 Å². The highest BCUT2D eigenvalue weighted by Gasteiger charge is 2.19. The van der Waals surface area contributed by atoms with Gasteiger partial charge in [0.05, 0.1) is 0 Å². The van der Waals surface area contributed by atoms with E-state index in [1.165, 1.54) is 0 Å². The fourth-order valence-corrected chi connectivity index (χ4v) is 0.864. The maximum absolute atomic E-state index is 10.8.